The molecule has 0 aliphatic carbocycles. The summed E-state index contributed by atoms with van der Waals surface area (Å²) in [6, 6.07) is 15.2. The molecule has 1 N–H and O–H groups in total. The Morgan fingerprint density at radius 2 is 1.91 bits per heavy atom. The number of hydrogen-bond donors (Lipinski definition) is 1. The fraction of sp³-hybridized carbons (Fsp3) is 0.240. The lowest BCUT2D eigenvalue weighted by molar-refractivity contribution is -0.122. The summed E-state index contributed by atoms with van der Waals surface area (Å²) in [5.41, 5.74) is 2.53. The second-order valence-electron chi connectivity index (χ2n) is 7.95. The first-order valence-corrected chi connectivity index (χ1v) is 11.6. The molecule has 0 fully saturated rings. The van der Waals surface area contributed by atoms with Crippen LogP contribution in [0.15, 0.2) is 59.7 Å². The number of nitrogens with one attached hydrogen (secondary N) is 1. The minimum absolute atomic E-state index is 0.111. The molecule has 5 rings (SSSR count). The van der Waals surface area contributed by atoms with Crippen LogP contribution in [0.2, 0.25) is 0 Å². The van der Waals surface area contributed by atoms with Gasteiger partial charge in [-0.2, -0.15) is 0 Å². The molecule has 0 spiro atoms. The number of carbonyl (C=O) groups excluding carboxylic acids is 1. The molecule has 3 heterocycles. The molecule has 33 heavy (non-hydrogen) atoms. The Hall–Kier alpha value is -3.65. The van der Waals surface area contributed by atoms with Crippen LogP contribution >= 0.6 is 11.3 Å². The maximum absolute atomic E-state index is 13.3. The highest BCUT2D eigenvalue weighted by Crippen LogP contribution is 2.35. The lowest BCUT2D eigenvalue weighted by Crippen LogP contribution is -2.34. The van der Waals surface area contributed by atoms with Crippen molar-refractivity contribution in [3.05, 3.63) is 75.7 Å². The minimum Gasteiger partial charge on any atom is -0.486 e. The third kappa shape index (κ3) is 4.09. The van der Waals surface area contributed by atoms with E-state index in [1.165, 1.54) is 22.2 Å². The van der Waals surface area contributed by atoms with Gasteiger partial charge in [0.2, 0.25) is 5.91 Å². The normalized spacial score (nSPS) is 13.6. The molecule has 2 aromatic heterocycles. The van der Waals surface area contributed by atoms with Crippen molar-refractivity contribution >= 4 is 27.5 Å². The topological polar surface area (TPSA) is 82.5 Å². The van der Waals surface area contributed by atoms with E-state index < -0.39 is 0 Å². The molecule has 0 saturated carbocycles. The maximum Gasteiger partial charge on any atom is 0.263 e. The first-order valence-electron chi connectivity index (χ1n) is 10.7. The highest BCUT2D eigenvalue weighted by Gasteiger charge is 2.19. The number of thiophene rings is 1. The Labute approximate surface area is 194 Å². The van der Waals surface area contributed by atoms with Gasteiger partial charge in [-0.15, -0.1) is 11.3 Å². The predicted molar refractivity (Wildman–Crippen MR) is 128 cm³/mol. The van der Waals surface area contributed by atoms with Gasteiger partial charge in [0, 0.05) is 10.4 Å². The van der Waals surface area contributed by atoms with Crippen molar-refractivity contribution in [2.75, 3.05) is 13.2 Å². The van der Waals surface area contributed by atoms with E-state index >= 15 is 0 Å². The van der Waals surface area contributed by atoms with Crippen molar-refractivity contribution in [2.45, 2.75) is 26.4 Å². The van der Waals surface area contributed by atoms with Gasteiger partial charge in [0.1, 0.15) is 24.6 Å². The molecule has 168 valence electrons. The zero-order valence-corrected chi connectivity index (χ0v) is 19.1. The molecule has 0 radical (unpaired) electrons. The van der Waals surface area contributed by atoms with Crippen molar-refractivity contribution in [3.63, 3.8) is 0 Å². The molecule has 2 aromatic carbocycles. The summed E-state index contributed by atoms with van der Waals surface area (Å²) in [5, 5.41) is 3.51. The number of fused-ring (bicyclic) bond motifs is 2. The van der Waals surface area contributed by atoms with Crippen LogP contribution in [-0.4, -0.2) is 28.7 Å². The molecular formula is C25H23N3O4S. The van der Waals surface area contributed by atoms with E-state index in [2.05, 4.69) is 10.3 Å². The number of carbonyl (C=O) groups is 1. The van der Waals surface area contributed by atoms with Crippen molar-refractivity contribution in [1.29, 1.82) is 0 Å². The summed E-state index contributed by atoms with van der Waals surface area (Å²) < 4.78 is 12.6. The number of benzene rings is 2. The summed E-state index contributed by atoms with van der Waals surface area (Å²) in [6.07, 6.45) is 1.45. The number of ether oxygens (including phenoxy) is 2. The fourth-order valence-electron chi connectivity index (χ4n) is 4.06. The van der Waals surface area contributed by atoms with Gasteiger partial charge in [-0.3, -0.25) is 14.2 Å². The first-order chi connectivity index (χ1) is 16.0. The highest BCUT2D eigenvalue weighted by atomic mass is 32.1. The molecule has 0 saturated heterocycles. The molecule has 1 atom stereocenters. The van der Waals surface area contributed by atoms with Gasteiger partial charge in [0.25, 0.3) is 5.56 Å². The Bertz CT molecular complexity index is 1390. The van der Waals surface area contributed by atoms with Crippen molar-refractivity contribution in [1.82, 2.24) is 14.9 Å². The van der Waals surface area contributed by atoms with E-state index in [-0.39, 0.29) is 24.1 Å². The Morgan fingerprint density at radius 3 is 2.70 bits per heavy atom. The largest absolute Gasteiger partial charge is 0.486 e. The van der Waals surface area contributed by atoms with E-state index in [1.807, 2.05) is 62.4 Å². The molecule has 8 heteroatoms. The van der Waals surface area contributed by atoms with Crippen LogP contribution in [0.25, 0.3) is 21.3 Å². The SMILES string of the molecule is Cc1sc2ncn(CC(=O)N[C@@H](C)c3ccc4c(c3)OCCO4)c(=O)c2c1-c1ccccc1. The van der Waals surface area contributed by atoms with Crippen LogP contribution in [-0.2, 0) is 11.3 Å². The summed E-state index contributed by atoms with van der Waals surface area (Å²) in [7, 11) is 0. The van der Waals surface area contributed by atoms with Gasteiger partial charge in [-0.25, -0.2) is 4.98 Å². The third-order valence-corrected chi connectivity index (χ3v) is 6.69. The Balaban J connectivity index is 1.38. The molecule has 1 amide bonds. The first kappa shape index (κ1) is 21.2. The van der Waals surface area contributed by atoms with Crippen LogP contribution in [0.1, 0.15) is 23.4 Å². The summed E-state index contributed by atoms with van der Waals surface area (Å²) >= 11 is 1.49. The quantitative estimate of drug-likeness (QED) is 0.484. The summed E-state index contributed by atoms with van der Waals surface area (Å²) in [6.45, 7) is 4.80. The maximum atomic E-state index is 13.3. The van der Waals surface area contributed by atoms with Gasteiger partial charge in [0.05, 0.1) is 17.8 Å². The lowest BCUT2D eigenvalue weighted by atomic mass is 10.0. The number of amides is 1. The van der Waals surface area contributed by atoms with Crippen LogP contribution in [0.3, 0.4) is 0 Å². The van der Waals surface area contributed by atoms with Gasteiger partial charge in [-0.05, 0) is 37.1 Å². The average molecular weight is 462 g/mol. The third-order valence-electron chi connectivity index (χ3n) is 5.67. The van der Waals surface area contributed by atoms with Gasteiger partial charge in [0.15, 0.2) is 11.5 Å². The molecule has 1 aliphatic rings. The van der Waals surface area contributed by atoms with Crippen LogP contribution in [0.4, 0.5) is 0 Å². The summed E-state index contributed by atoms with van der Waals surface area (Å²) in [5.74, 6) is 1.11. The summed E-state index contributed by atoms with van der Waals surface area (Å²) in [4.78, 5) is 32.2. The monoisotopic (exact) mass is 461 g/mol. The van der Waals surface area contributed by atoms with Gasteiger partial charge < -0.3 is 14.8 Å². The van der Waals surface area contributed by atoms with E-state index in [4.69, 9.17) is 9.47 Å². The molecule has 1 aliphatic heterocycles. The number of hydrogen-bond acceptors (Lipinski definition) is 6. The molecule has 0 unspecified atom stereocenters. The van der Waals surface area contributed by atoms with Crippen molar-refractivity contribution < 1.29 is 14.3 Å². The second kappa shape index (κ2) is 8.71. The number of aromatic nitrogens is 2. The van der Waals surface area contributed by atoms with Crippen LogP contribution < -0.4 is 20.3 Å². The van der Waals surface area contributed by atoms with E-state index in [0.717, 1.165) is 21.6 Å². The van der Waals surface area contributed by atoms with Gasteiger partial charge >= 0.3 is 0 Å². The van der Waals surface area contributed by atoms with Crippen LogP contribution in [0, 0.1) is 6.92 Å². The Kier molecular flexibility index (Phi) is 5.60. The number of rotatable bonds is 5. The number of nitrogens with zero attached hydrogens (tertiary/aromatic N) is 2. The van der Waals surface area contributed by atoms with E-state index in [0.29, 0.717) is 34.9 Å². The van der Waals surface area contributed by atoms with Crippen molar-refractivity contribution in [2.24, 2.45) is 0 Å². The minimum atomic E-state index is -0.270. The zero-order valence-electron chi connectivity index (χ0n) is 18.3. The van der Waals surface area contributed by atoms with Gasteiger partial charge in [-0.1, -0.05) is 36.4 Å². The number of aryl methyl sites for hydroxylation is 1. The second-order valence-corrected chi connectivity index (χ2v) is 9.15. The Morgan fingerprint density at radius 1 is 1.15 bits per heavy atom. The molecule has 7 nitrogen and oxygen atoms in total. The van der Waals surface area contributed by atoms with Crippen molar-refractivity contribution in [3.8, 4) is 22.6 Å². The van der Waals surface area contributed by atoms with E-state index in [9.17, 15) is 9.59 Å². The predicted octanol–water partition coefficient (Wildman–Crippen LogP) is 4.08. The standard InChI is InChI=1S/C25H23N3O4S/c1-15(18-8-9-19-20(12-18)32-11-10-31-19)27-21(29)13-28-14-26-24-23(25(28)30)22(16(2)33-24)17-6-4-3-5-7-17/h3-9,12,14-15H,10-11,13H2,1-2H3,(H,27,29)/t15-/m0/s1. The zero-order chi connectivity index (χ0) is 22.9. The fourth-order valence-corrected chi connectivity index (χ4v) is 5.06. The van der Waals surface area contributed by atoms with E-state index in [1.54, 1.807) is 0 Å². The molecule has 4 aromatic rings. The lowest BCUT2D eigenvalue weighted by Gasteiger charge is -2.21. The smallest absolute Gasteiger partial charge is 0.263 e. The average Bonchev–Trinajstić information content (AvgIpc) is 3.17. The highest BCUT2D eigenvalue weighted by molar-refractivity contribution is 7.19. The van der Waals surface area contributed by atoms with Crippen LogP contribution in [0.5, 0.6) is 11.5 Å². The molecule has 0 bridgehead atoms. The molecular weight excluding hydrogens is 438 g/mol.